The number of aryl methyl sites for hydroxylation is 2. The Labute approximate surface area is 112 Å². The topological polar surface area (TPSA) is 59.0 Å². The van der Waals surface area contributed by atoms with Gasteiger partial charge in [-0.25, -0.2) is 10.4 Å². The molecule has 1 aromatic heterocycles. The van der Waals surface area contributed by atoms with Crippen LogP contribution < -0.4 is 10.9 Å². The van der Waals surface area contributed by atoms with E-state index < -0.39 is 0 Å². The smallest absolute Gasteiger partial charge is 0.234 e. The van der Waals surface area contributed by atoms with Crippen molar-refractivity contribution < 1.29 is 4.79 Å². The number of nitrogens with one attached hydrogen (secondary N) is 2. The summed E-state index contributed by atoms with van der Waals surface area (Å²) in [5.41, 5.74) is 7.67. The summed E-state index contributed by atoms with van der Waals surface area (Å²) in [5, 5.41) is 0. The van der Waals surface area contributed by atoms with Crippen molar-refractivity contribution in [3.8, 4) is 0 Å². The van der Waals surface area contributed by atoms with Crippen LogP contribution in [0, 0.1) is 0 Å². The molecule has 2 aromatic rings. The maximum atomic E-state index is 11.6. The van der Waals surface area contributed by atoms with Crippen LogP contribution in [0.3, 0.4) is 0 Å². The van der Waals surface area contributed by atoms with Crippen molar-refractivity contribution >= 4 is 5.91 Å². The van der Waals surface area contributed by atoms with Gasteiger partial charge in [-0.05, 0) is 12.0 Å². The lowest BCUT2D eigenvalue weighted by atomic mass is 10.2. The predicted molar refractivity (Wildman–Crippen MR) is 73.0 cm³/mol. The molecule has 5 heteroatoms. The molecule has 0 aliphatic heterocycles. The zero-order chi connectivity index (χ0) is 13.5. The molecular formula is C14H18N4O. The third kappa shape index (κ3) is 4.56. The number of hydrogen-bond acceptors (Lipinski definition) is 3. The Morgan fingerprint density at radius 1 is 1.32 bits per heavy atom. The van der Waals surface area contributed by atoms with Crippen molar-refractivity contribution in [3.05, 3.63) is 54.1 Å². The Kier molecular flexibility index (Phi) is 4.69. The molecule has 0 aliphatic rings. The molecule has 0 spiro atoms. The first-order valence-corrected chi connectivity index (χ1v) is 6.26. The monoisotopic (exact) mass is 258 g/mol. The van der Waals surface area contributed by atoms with Gasteiger partial charge >= 0.3 is 0 Å². The third-order valence-corrected chi connectivity index (χ3v) is 2.73. The number of imidazole rings is 1. The molecule has 1 amide bonds. The van der Waals surface area contributed by atoms with Gasteiger partial charge < -0.3 is 4.57 Å². The minimum Gasteiger partial charge on any atom is -0.340 e. The van der Waals surface area contributed by atoms with Crippen LogP contribution in [-0.2, 0) is 24.8 Å². The standard InChI is InChI=1S/C14H18N4O/c1-18-10-13(15-11-18)7-8-14(19)17-16-9-12-5-3-2-4-6-12/h2-6,10-11,16H,7-9H2,1H3,(H,17,19). The molecule has 0 bridgehead atoms. The van der Waals surface area contributed by atoms with Gasteiger partial charge in [0.1, 0.15) is 0 Å². The van der Waals surface area contributed by atoms with Crippen LogP contribution in [0.1, 0.15) is 17.7 Å². The molecule has 5 nitrogen and oxygen atoms in total. The number of hydrogen-bond donors (Lipinski definition) is 2. The van der Waals surface area contributed by atoms with Crippen LogP contribution in [0.4, 0.5) is 0 Å². The van der Waals surface area contributed by atoms with Crippen molar-refractivity contribution in [1.29, 1.82) is 0 Å². The van der Waals surface area contributed by atoms with Gasteiger partial charge in [-0.15, -0.1) is 0 Å². The first kappa shape index (κ1) is 13.3. The molecule has 19 heavy (non-hydrogen) atoms. The number of carbonyl (C=O) groups excluding carboxylic acids is 1. The highest BCUT2D eigenvalue weighted by molar-refractivity contribution is 5.75. The maximum Gasteiger partial charge on any atom is 0.234 e. The van der Waals surface area contributed by atoms with Crippen molar-refractivity contribution in [1.82, 2.24) is 20.4 Å². The molecule has 0 radical (unpaired) electrons. The summed E-state index contributed by atoms with van der Waals surface area (Å²) >= 11 is 0. The van der Waals surface area contributed by atoms with E-state index in [0.29, 0.717) is 19.4 Å². The minimum absolute atomic E-state index is 0.0263. The van der Waals surface area contributed by atoms with Gasteiger partial charge in [0, 0.05) is 26.2 Å². The fourth-order valence-corrected chi connectivity index (χ4v) is 1.74. The fraction of sp³-hybridized carbons (Fsp3) is 0.286. The number of amides is 1. The van der Waals surface area contributed by atoms with E-state index in [4.69, 9.17) is 0 Å². The highest BCUT2D eigenvalue weighted by Gasteiger charge is 2.03. The first-order chi connectivity index (χ1) is 9.24. The Morgan fingerprint density at radius 3 is 2.79 bits per heavy atom. The van der Waals surface area contributed by atoms with Crippen LogP contribution in [-0.4, -0.2) is 15.5 Å². The van der Waals surface area contributed by atoms with Crippen LogP contribution in [0.25, 0.3) is 0 Å². The molecule has 1 aromatic carbocycles. The Bertz CT molecular complexity index is 521. The van der Waals surface area contributed by atoms with Gasteiger partial charge in [-0.1, -0.05) is 30.3 Å². The zero-order valence-electron chi connectivity index (χ0n) is 11.0. The Hall–Kier alpha value is -2.14. The summed E-state index contributed by atoms with van der Waals surface area (Å²) in [7, 11) is 1.91. The quantitative estimate of drug-likeness (QED) is 0.765. The molecular weight excluding hydrogens is 240 g/mol. The van der Waals surface area contributed by atoms with Gasteiger partial charge in [-0.2, -0.15) is 0 Å². The normalized spacial score (nSPS) is 10.4. The van der Waals surface area contributed by atoms with Crippen LogP contribution in [0.2, 0.25) is 0 Å². The van der Waals surface area contributed by atoms with E-state index in [0.717, 1.165) is 11.3 Å². The molecule has 1 heterocycles. The van der Waals surface area contributed by atoms with Crippen molar-refractivity contribution in [2.24, 2.45) is 7.05 Å². The van der Waals surface area contributed by atoms with E-state index in [2.05, 4.69) is 15.8 Å². The molecule has 0 aliphatic carbocycles. The van der Waals surface area contributed by atoms with Gasteiger partial charge in [0.25, 0.3) is 0 Å². The van der Waals surface area contributed by atoms with Crippen molar-refractivity contribution in [2.45, 2.75) is 19.4 Å². The number of benzene rings is 1. The van der Waals surface area contributed by atoms with Crippen molar-refractivity contribution in [3.63, 3.8) is 0 Å². The highest BCUT2D eigenvalue weighted by Crippen LogP contribution is 1.99. The second-order valence-corrected chi connectivity index (χ2v) is 4.42. The first-order valence-electron chi connectivity index (χ1n) is 6.26. The number of aromatic nitrogens is 2. The van der Waals surface area contributed by atoms with Gasteiger partial charge in [0.15, 0.2) is 0 Å². The van der Waals surface area contributed by atoms with E-state index in [1.165, 1.54) is 0 Å². The van der Waals surface area contributed by atoms with Gasteiger partial charge in [0.05, 0.1) is 12.0 Å². The molecule has 100 valence electrons. The van der Waals surface area contributed by atoms with E-state index in [1.807, 2.05) is 48.1 Å². The second-order valence-electron chi connectivity index (χ2n) is 4.42. The van der Waals surface area contributed by atoms with Crippen LogP contribution in [0.15, 0.2) is 42.9 Å². The average Bonchev–Trinajstić information content (AvgIpc) is 2.83. The maximum absolute atomic E-state index is 11.6. The summed E-state index contributed by atoms with van der Waals surface area (Å²) in [6.07, 6.45) is 4.74. The van der Waals surface area contributed by atoms with E-state index in [9.17, 15) is 4.79 Å². The summed E-state index contributed by atoms with van der Waals surface area (Å²) in [6, 6.07) is 9.93. The lowest BCUT2D eigenvalue weighted by molar-refractivity contribution is -0.122. The molecule has 0 fully saturated rings. The van der Waals surface area contributed by atoms with Crippen LogP contribution >= 0.6 is 0 Å². The summed E-state index contributed by atoms with van der Waals surface area (Å²) in [6.45, 7) is 0.621. The molecule has 0 atom stereocenters. The second kappa shape index (κ2) is 6.70. The predicted octanol–water partition coefficient (Wildman–Crippen LogP) is 1.17. The zero-order valence-corrected chi connectivity index (χ0v) is 11.0. The number of carbonyl (C=O) groups is 1. The van der Waals surface area contributed by atoms with E-state index in [1.54, 1.807) is 6.33 Å². The molecule has 2 rings (SSSR count). The highest BCUT2D eigenvalue weighted by atomic mass is 16.2. The molecule has 2 N–H and O–H groups in total. The summed E-state index contributed by atoms with van der Waals surface area (Å²) < 4.78 is 1.88. The summed E-state index contributed by atoms with van der Waals surface area (Å²) in [4.78, 5) is 15.8. The Morgan fingerprint density at radius 2 is 2.11 bits per heavy atom. The minimum atomic E-state index is -0.0263. The largest absolute Gasteiger partial charge is 0.340 e. The lowest BCUT2D eigenvalue weighted by Crippen LogP contribution is -2.36. The average molecular weight is 258 g/mol. The Balaban J connectivity index is 1.65. The van der Waals surface area contributed by atoms with Gasteiger partial charge in [-0.3, -0.25) is 10.2 Å². The SMILES string of the molecule is Cn1cnc(CCC(=O)NNCc2ccccc2)c1. The molecule has 0 saturated heterocycles. The third-order valence-electron chi connectivity index (χ3n) is 2.73. The summed E-state index contributed by atoms with van der Waals surface area (Å²) in [5.74, 6) is -0.0263. The number of nitrogens with zero attached hydrogens (tertiary/aromatic N) is 2. The molecule has 0 saturated carbocycles. The van der Waals surface area contributed by atoms with E-state index >= 15 is 0 Å². The van der Waals surface area contributed by atoms with E-state index in [-0.39, 0.29) is 5.91 Å². The number of rotatable bonds is 6. The van der Waals surface area contributed by atoms with Crippen molar-refractivity contribution in [2.75, 3.05) is 0 Å². The molecule has 0 unspecified atom stereocenters. The lowest BCUT2D eigenvalue weighted by Gasteiger charge is -2.06. The van der Waals surface area contributed by atoms with Gasteiger partial charge in [0.2, 0.25) is 5.91 Å². The number of hydrazine groups is 1. The van der Waals surface area contributed by atoms with Crippen LogP contribution in [0.5, 0.6) is 0 Å². The fourth-order valence-electron chi connectivity index (χ4n) is 1.74.